The number of ether oxygens (including phenoxy) is 1. The average molecular weight is 250 g/mol. The minimum absolute atomic E-state index is 0.0113. The second-order valence-electron chi connectivity index (χ2n) is 3.24. The smallest absolute Gasteiger partial charge is 0.269 e. The van der Waals surface area contributed by atoms with Crippen molar-refractivity contribution in [2.75, 3.05) is 26.4 Å². The Bertz CT molecular complexity index is 234. The van der Waals surface area contributed by atoms with Crippen molar-refractivity contribution in [1.82, 2.24) is 11.0 Å². The van der Waals surface area contributed by atoms with Crippen LogP contribution in [0.15, 0.2) is 0 Å². The number of nitrogens with one attached hydrogen (secondary N) is 2. The van der Waals surface area contributed by atoms with Gasteiger partial charge in [-0.3, -0.25) is 19.3 Å². The van der Waals surface area contributed by atoms with Gasteiger partial charge in [-0.1, -0.05) is 0 Å². The summed E-state index contributed by atoms with van der Waals surface area (Å²) in [5.41, 5.74) is 4.20. The van der Waals surface area contributed by atoms with E-state index in [1.807, 2.05) is 0 Å². The highest BCUT2D eigenvalue weighted by atomic mass is 16.7. The van der Waals surface area contributed by atoms with Gasteiger partial charge in [0.1, 0.15) is 13.2 Å². The molecule has 0 aromatic heterocycles. The summed E-state index contributed by atoms with van der Waals surface area (Å²) in [4.78, 5) is 30.7. The van der Waals surface area contributed by atoms with Crippen molar-refractivity contribution in [3.8, 4) is 0 Å². The highest BCUT2D eigenvalue weighted by Gasteiger charge is 2.02. The van der Waals surface area contributed by atoms with Crippen molar-refractivity contribution in [2.24, 2.45) is 0 Å². The molecule has 8 heteroatoms. The van der Waals surface area contributed by atoms with E-state index in [0.717, 1.165) is 0 Å². The summed E-state index contributed by atoms with van der Waals surface area (Å²) in [6, 6.07) is 0. The maximum Gasteiger partial charge on any atom is 0.269 e. The molecule has 0 aromatic rings. The third-order valence-corrected chi connectivity index (χ3v) is 1.29. The van der Waals surface area contributed by atoms with Gasteiger partial charge < -0.3 is 9.84 Å². The van der Waals surface area contributed by atoms with Crippen LogP contribution in [-0.4, -0.2) is 49.5 Å². The minimum atomic E-state index is -0.651. The number of aliphatic hydroxyl groups is 1. The van der Waals surface area contributed by atoms with Crippen LogP contribution in [0.1, 0.15) is 13.8 Å². The van der Waals surface area contributed by atoms with Crippen molar-refractivity contribution in [3.63, 3.8) is 0 Å². The molecule has 2 amide bonds. The Labute approximate surface area is 99.1 Å². The number of hydrogen-bond acceptors (Lipinski definition) is 6. The van der Waals surface area contributed by atoms with Crippen molar-refractivity contribution in [1.29, 1.82) is 0 Å². The molecule has 0 spiro atoms. The predicted octanol–water partition coefficient (Wildman–Crippen LogP) is -1.50. The van der Waals surface area contributed by atoms with Crippen LogP contribution >= 0.6 is 0 Å². The monoisotopic (exact) mass is 250 g/mol. The van der Waals surface area contributed by atoms with Crippen LogP contribution in [0.5, 0.6) is 0 Å². The number of aliphatic hydroxyl groups excluding tert-OH is 1. The van der Waals surface area contributed by atoms with Crippen molar-refractivity contribution >= 4 is 11.8 Å². The number of carbonyl (C=O) groups excluding carboxylic acids is 2. The van der Waals surface area contributed by atoms with Gasteiger partial charge >= 0.3 is 0 Å². The largest absolute Gasteiger partial charge is 0.391 e. The fourth-order valence-electron chi connectivity index (χ4n) is 0.690. The second-order valence-corrected chi connectivity index (χ2v) is 3.24. The molecule has 0 aliphatic heterocycles. The summed E-state index contributed by atoms with van der Waals surface area (Å²) in [6.07, 6.45) is -0.651. The maximum atomic E-state index is 11.0. The van der Waals surface area contributed by atoms with Gasteiger partial charge in [-0.15, -0.1) is 0 Å². The third-order valence-electron chi connectivity index (χ3n) is 1.29. The first-order valence-electron chi connectivity index (χ1n) is 5.07. The Morgan fingerprint density at radius 3 is 2.53 bits per heavy atom. The van der Waals surface area contributed by atoms with Crippen LogP contribution in [0.3, 0.4) is 0 Å². The molecule has 0 fully saturated rings. The van der Waals surface area contributed by atoms with E-state index >= 15 is 0 Å². The van der Waals surface area contributed by atoms with Crippen LogP contribution in [0, 0.1) is 0 Å². The molecule has 8 nitrogen and oxygen atoms in total. The Balaban J connectivity index is 3.24. The summed E-state index contributed by atoms with van der Waals surface area (Å²) in [5, 5.41) is 8.82. The molecular weight excluding hydrogens is 232 g/mol. The summed E-state index contributed by atoms with van der Waals surface area (Å²) >= 11 is 0. The Kier molecular flexibility index (Phi) is 9.25. The first-order valence-corrected chi connectivity index (χ1v) is 5.07. The predicted molar refractivity (Wildman–Crippen MR) is 56.4 cm³/mol. The molecule has 17 heavy (non-hydrogen) atoms. The molecule has 0 aliphatic rings. The SMILES string of the molecule is CC(=O)NOCCOCC(=O)NOCC(C)O. The minimum Gasteiger partial charge on any atom is -0.391 e. The lowest BCUT2D eigenvalue weighted by Gasteiger charge is -2.08. The van der Waals surface area contributed by atoms with E-state index in [1.165, 1.54) is 13.8 Å². The normalized spacial score (nSPS) is 11.9. The van der Waals surface area contributed by atoms with Gasteiger partial charge in [-0.05, 0) is 6.92 Å². The van der Waals surface area contributed by atoms with Crippen LogP contribution in [-0.2, 0) is 24.0 Å². The van der Waals surface area contributed by atoms with Gasteiger partial charge in [0, 0.05) is 6.92 Å². The number of carbonyl (C=O) groups is 2. The zero-order valence-electron chi connectivity index (χ0n) is 9.89. The summed E-state index contributed by atoms with van der Waals surface area (Å²) in [7, 11) is 0. The molecule has 0 heterocycles. The van der Waals surface area contributed by atoms with Gasteiger partial charge in [0.2, 0.25) is 5.91 Å². The molecular formula is C9H18N2O6. The highest BCUT2D eigenvalue weighted by Crippen LogP contribution is 1.81. The van der Waals surface area contributed by atoms with Crippen LogP contribution < -0.4 is 11.0 Å². The standard InChI is InChI=1S/C9H18N2O6/c1-7(12)5-17-11-9(14)6-15-3-4-16-10-8(2)13/h7,12H,3-6H2,1-2H3,(H,10,13)(H,11,14). The van der Waals surface area contributed by atoms with Crippen LogP contribution in [0.25, 0.3) is 0 Å². The van der Waals surface area contributed by atoms with E-state index in [0.29, 0.717) is 0 Å². The molecule has 0 aliphatic carbocycles. The van der Waals surface area contributed by atoms with E-state index in [2.05, 4.69) is 20.6 Å². The fraction of sp³-hybridized carbons (Fsp3) is 0.778. The van der Waals surface area contributed by atoms with Gasteiger partial charge in [-0.25, -0.2) is 11.0 Å². The third kappa shape index (κ3) is 12.7. The van der Waals surface area contributed by atoms with Crippen molar-refractivity contribution in [3.05, 3.63) is 0 Å². The summed E-state index contributed by atoms with van der Waals surface area (Å²) in [5.74, 6) is -0.778. The maximum absolute atomic E-state index is 11.0. The molecule has 0 aromatic carbocycles. The quantitative estimate of drug-likeness (QED) is 0.339. The first kappa shape index (κ1) is 15.8. The topological polar surface area (TPSA) is 106 Å². The Hall–Kier alpha value is -1.22. The molecule has 0 rings (SSSR count). The Morgan fingerprint density at radius 1 is 1.24 bits per heavy atom. The lowest BCUT2D eigenvalue weighted by molar-refractivity contribution is -0.142. The van der Waals surface area contributed by atoms with E-state index in [9.17, 15) is 9.59 Å². The Morgan fingerprint density at radius 2 is 1.94 bits per heavy atom. The highest BCUT2D eigenvalue weighted by molar-refractivity contribution is 5.76. The molecule has 0 saturated heterocycles. The van der Waals surface area contributed by atoms with Crippen molar-refractivity contribution < 1.29 is 29.1 Å². The average Bonchev–Trinajstić information content (AvgIpc) is 2.22. The number of hydroxylamine groups is 2. The summed E-state index contributed by atoms with van der Waals surface area (Å²) < 4.78 is 4.90. The molecule has 3 N–H and O–H groups in total. The molecule has 100 valence electrons. The zero-order valence-corrected chi connectivity index (χ0v) is 9.89. The van der Waals surface area contributed by atoms with Gasteiger partial charge in [0.25, 0.3) is 5.91 Å². The molecule has 1 unspecified atom stereocenters. The summed E-state index contributed by atoms with van der Waals surface area (Å²) in [6.45, 7) is 2.96. The van der Waals surface area contributed by atoms with Crippen LogP contribution in [0.4, 0.5) is 0 Å². The number of hydrogen-bond donors (Lipinski definition) is 3. The van der Waals surface area contributed by atoms with E-state index in [4.69, 9.17) is 9.84 Å². The van der Waals surface area contributed by atoms with Crippen LogP contribution in [0.2, 0.25) is 0 Å². The second kappa shape index (κ2) is 9.97. The lowest BCUT2D eigenvalue weighted by Crippen LogP contribution is -2.31. The van der Waals surface area contributed by atoms with E-state index in [-0.39, 0.29) is 32.3 Å². The van der Waals surface area contributed by atoms with Gasteiger partial charge in [0.15, 0.2) is 0 Å². The van der Waals surface area contributed by atoms with Crippen molar-refractivity contribution in [2.45, 2.75) is 20.0 Å². The molecule has 0 saturated carbocycles. The van der Waals surface area contributed by atoms with E-state index in [1.54, 1.807) is 0 Å². The number of amides is 2. The number of rotatable bonds is 9. The van der Waals surface area contributed by atoms with Gasteiger partial charge in [0.05, 0.1) is 19.3 Å². The first-order chi connectivity index (χ1) is 8.02. The van der Waals surface area contributed by atoms with E-state index < -0.39 is 12.0 Å². The molecule has 0 radical (unpaired) electrons. The zero-order chi connectivity index (χ0) is 13.1. The lowest BCUT2D eigenvalue weighted by atomic mass is 10.5. The van der Waals surface area contributed by atoms with Gasteiger partial charge in [-0.2, -0.15) is 0 Å². The molecule has 1 atom stereocenters. The fourth-order valence-corrected chi connectivity index (χ4v) is 0.690. The molecule has 0 bridgehead atoms.